The highest BCUT2D eigenvalue weighted by atomic mass is 32.2. The molecule has 0 aliphatic carbocycles. The van der Waals surface area contributed by atoms with Crippen molar-refractivity contribution in [2.24, 2.45) is 0 Å². The van der Waals surface area contributed by atoms with Gasteiger partial charge in [0.2, 0.25) is 26.0 Å². The maximum absolute atomic E-state index is 13.1. The van der Waals surface area contributed by atoms with Crippen molar-refractivity contribution >= 4 is 32.4 Å². The van der Waals surface area contributed by atoms with Crippen molar-refractivity contribution in [3.05, 3.63) is 117 Å². The molecular formula is C56H88N6O13S2. The molecule has 19 nitrogen and oxygen atoms in total. The number of carbonyl (C=O) groups excluding carboxylic acids is 1. The Morgan fingerprint density at radius 3 is 1.36 bits per heavy atom. The minimum atomic E-state index is -3.70. The van der Waals surface area contributed by atoms with E-state index < -0.39 is 26.8 Å². The van der Waals surface area contributed by atoms with Crippen LogP contribution >= 0.6 is 0 Å². The van der Waals surface area contributed by atoms with Crippen molar-refractivity contribution in [1.29, 1.82) is 0 Å². The zero-order chi connectivity index (χ0) is 56.3. The van der Waals surface area contributed by atoms with Crippen molar-refractivity contribution in [3.63, 3.8) is 0 Å². The molecule has 0 aromatic heterocycles. The van der Waals surface area contributed by atoms with E-state index in [1.807, 2.05) is 7.05 Å². The van der Waals surface area contributed by atoms with Crippen molar-refractivity contribution in [1.82, 2.24) is 28.6 Å². The highest BCUT2D eigenvalue weighted by Crippen LogP contribution is 2.29. The molecule has 432 valence electrons. The first-order valence-corrected chi connectivity index (χ1v) is 28.3. The van der Waals surface area contributed by atoms with Crippen LogP contribution in [0.5, 0.6) is 11.5 Å². The third-order valence-corrected chi connectivity index (χ3v) is 17.1. The predicted octanol–water partition coefficient (Wildman–Crippen LogP) is 6.42. The van der Waals surface area contributed by atoms with Crippen LogP contribution in [0.15, 0.2) is 82.6 Å². The lowest BCUT2D eigenvalue weighted by Gasteiger charge is -2.21. The summed E-state index contributed by atoms with van der Waals surface area (Å²) in [7, 11) is 2.53. The number of aliphatic hydroxyl groups is 1. The Bertz CT molecular complexity index is 2530. The molecule has 2 saturated heterocycles. The molecule has 2 fully saturated rings. The third kappa shape index (κ3) is 22.7. The van der Waals surface area contributed by atoms with E-state index in [9.17, 15) is 21.6 Å². The Morgan fingerprint density at radius 2 is 1.00 bits per heavy atom. The summed E-state index contributed by atoms with van der Waals surface area (Å²) in [6.07, 6.45) is 5.30. The van der Waals surface area contributed by atoms with Gasteiger partial charge in [-0.15, -0.1) is 0 Å². The molecule has 4 aromatic carbocycles. The molecule has 77 heavy (non-hydrogen) atoms. The molecule has 0 atom stereocenters. The number of likely N-dealkylation sites (tertiary alicyclic amines) is 2. The van der Waals surface area contributed by atoms with Crippen molar-refractivity contribution in [2.75, 3.05) is 115 Å². The highest BCUT2D eigenvalue weighted by molar-refractivity contribution is 7.89. The predicted molar refractivity (Wildman–Crippen MR) is 301 cm³/mol. The van der Waals surface area contributed by atoms with Gasteiger partial charge in [0.15, 0.2) is 0 Å². The molecule has 0 unspecified atom stereocenters. The number of benzene rings is 4. The van der Waals surface area contributed by atoms with Gasteiger partial charge < -0.3 is 44.1 Å². The Labute approximate surface area is 460 Å². The normalized spacial score (nSPS) is 13.6. The van der Waals surface area contributed by atoms with E-state index >= 15 is 0 Å². The lowest BCUT2D eigenvalue weighted by atomic mass is 10.1. The summed E-state index contributed by atoms with van der Waals surface area (Å²) in [5.74, 6) is 1.10. The fraction of sp³-hybridized carbons (Fsp3) is 0.536. The maximum atomic E-state index is 13.1. The van der Waals surface area contributed by atoms with Crippen LogP contribution in [0.25, 0.3) is 0 Å². The Hall–Kier alpha value is -5.04. The number of sulfonamides is 2. The number of rotatable bonds is 25. The second-order valence-electron chi connectivity index (χ2n) is 18.7. The fourth-order valence-electron chi connectivity index (χ4n) is 8.71. The first-order valence-electron chi connectivity index (χ1n) is 25.4. The van der Waals surface area contributed by atoms with E-state index in [0.29, 0.717) is 40.3 Å². The highest BCUT2D eigenvalue weighted by Gasteiger charge is 2.27. The lowest BCUT2D eigenvalue weighted by Crippen LogP contribution is -2.33. The van der Waals surface area contributed by atoms with E-state index in [4.69, 9.17) is 34.0 Å². The van der Waals surface area contributed by atoms with Gasteiger partial charge in [-0.2, -0.15) is 8.61 Å². The smallest absolute Gasteiger partial charge is 0.290 e. The van der Waals surface area contributed by atoms with Crippen LogP contribution in [0.3, 0.4) is 0 Å². The number of aryl methyl sites for hydroxylation is 4. The van der Waals surface area contributed by atoms with E-state index in [2.05, 4.69) is 68.4 Å². The monoisotopic (exact) mass is 1120 g/mol. The van der Waals surface area contributed by atoms with Crippen LogP contribution in [-0.4, -0.2) is 178 Å². The van der Waals surface area contributed by atoms with Crippen LogP contribution in [0, 0.1) is 27.7 Å². The second kappa shape index (κ2) is 35.5. The number of aliphatic hydroxyl groups excluding tert-OH is 1. The number of amides is 1. The molecule has 0 spiro atoms. The number of hydrogen-bond acceptors (Lipinski definition) is 15. The molecule has 4 aromatic rings. The fourth-order valence-corrected chi connectivity index (χ4v) is 11.8. The zero-order valence-corrected chi connectivity index (χ0v) is 48.0. The van der Waals surface area contributed by atoms with E-state index in [1.165, 1.54) is 91.3 Å². The Balaban J connectivity index is 0.000000419. The summed E-state index contributed by atoms with van der Waals surface area (Å²) >= 11 is 0. The molecule has 21 heteroatoms. The quantitative estimate of drug-likeness (QED) is 0.0371. The topological polar surface area (TPSA) is 217 Å². The molecule has 0 bridgehead atoms. The molecule has 3 N–H and O–H groups in total. The average Bonchev–Trinajstić information content (AvgIpc) is 4.11. The molecular weight excluding hydrogens is 1030 g/mol. The number of methoxy groups -OCH3 is 2. The van der Waals surface area contributed by atoms with Crippen LogP contribution in [-0.2, 0) is 70.0 Å². The molecule has 0 radical (unpaired) electrons. The molecule has 1 amide bonds. The van der Waals surface area contributed by atoms with Crippen LogP contribution in [0.2, 0.25) is 0 Å². The van der Waals surface area contributed by atoms with E-state index in [0.717, 1.165) is 25.2 Å². The number of nitrogens with zero attached hydrogens (tertiary/aromatic N) is 5. The summed E-state index contributed by atoms with van der Waals surface area (Å²) in [5, 5.41) is 18.5. The summed E-state index contributed by atoms with van der Waals surface area (Å²) in [5.41, 5.74) is 7.67. The van der Waals surface area contributed by atoms with Crippen molar-refractivity contribution in [3.8, 4) is 11.5 Å². The number of likely N-dealkylation sites (N-methyl/N-ethyl adjacent to an activating group) is 3. The van der Waals surface area contributed by atoms with Gasteiger partial charge in [0, 0.05) is 60.4 Å². The second-order valence-corrected chi connectivity index (χ2v) is 22.7. The SMILES string of the molecule is C.CNCc1ccc(CN2CCCC2)cc1.COc1cc(C)c(S(=O)(=O)N(C)CCOCC(=O)N(C)Cc2ccc(CN3CCCC3)cc2)c(C)c1.COc1cc(C)c(S(=O)(=O)N(C)CCOCOCO)c(C)c1.O=CO. The van der Waals surface area contributed by atoms with Crippen molar-refractivity contribution in [2.45, 2.75) is 96.8 Å². The average molecular weight is 1120 g/mol. The Morgan fingerprint density at radius 1 is 0.636 bits per heavy atom. The number of hydrogen-bond donors (Lipinski definition) is 3. The van der Waals surface area contributed by atoms with Gasteiger partial charge in [-0.1, -0.05) is 56.0 Å². The summed E-state index contributed by atoms with van der Waals surface area (Å²) in [6, 6.07) is 24.2. The first kappa shape index (κ1) is 68.1. The number of carbonyl (C=O) groups is 2. The van der Waals surface area contributed by atoms with Gasteiger partial charge in [0.25, 0.3) is 6.47 Å². The number of ether oxygens (including phenoxy) is 5. The van der Waals surface area contributed by atoms with Gasteiger partial charge >= 0.3 is 0 Å². The molecule has 2 heterocycles. The van der Waals surface area contributed by atoms with Crippen LogP contribution in [0.4, 0.5) is 0 Å². The van der Waals surface area contributed by atoms with Gasteiger partial charge in [0.1, 0.15) is 31.7 Å². The standard InChI is InChI=1S/C27H39N3O5S.C14H23NO6S.C13H20N2.CH2O2.CH4/c1-21-16-25(34-5)17-22(2)27(21)36(32,33)29(4)14-15-35-20-26(31)28(3)18-23-8-10-24(11-9-23)19-30-12-6-7-13-30;1-11-7-13(19-4)8-12(2)14(11)22(17,18)15(3)5-6-20-10-21-9-16;1-14-10-12-4-6-13(7-5-12)11-15-8-2-3-9-15;2-1-3;/h8-11,16-17H,6-7,12-15,18-20H2,1-5H3;7-8,16H,5-6,9-10H2,1-4H3;4-7,14H,2-3,8-11H2,1H3;1H,(H,2,3);1H4. The Kier molecular flexibility index (Phi) is 31.4. The lowest BCUT2D eigenvalue weighted by molar-refractivity contribution is -0.135. The molecule has 6 rings (SSSR count). The molecule has 2 aliphatic heterocycles. The molecule has 2 aliphatic rings. The van der Waals surface area contributed by atoms with Gasteiger partial charge in [0.05, 0.1) is 37.2 Å². The van der Waals surface area contributed by atoms with Gasteiger partial charge in [-0.25, -0.2) is 16.8 Å². The van der Waals surface area contributed by atoms with Crippen LogP contribution < -0.4 is 14.8 Å². The largest absolute Gasteiger partial charge is 0.497 e. The maximum Gasteiger partial charge on any atom is 0.290 e. The van der Waals surface area contributed by atoms with Gasteiger partial charge in [-0.05, 0) is 155 Å². The number of carboxylic acid groups (broad SMARTS) is 1. The number of nitrogens with one attached hydrogen (secondary N) is 1. The third-order valence-electron chi connectivity index (χ3n) is 12.7. The first-order chi connectivity index (χ1) is 36.2. The van der Waals surface area contributed by atoms with E-state index in [-0.39, 0.29) is 69.3 Å². The van der Waals surface area contributed by atoms with Crippen molar-refractivity contribution < 1.29 is 60.3 Å². The van der Waals surface area contributed by atoms with Crippen LogP contribution in [0.1, 0.15) is 77.6 Å². The van der Waals surface area contributed by atoms with E-state index in [1.54, 1.807) is 78.1 Å². The minimum Gasteiger partial charge on any atom is -0.497 e. The minimum absolute atomic E-state index is 0. The summed E-state index contributed by atoms with van der Waals surface area (Å²) < 4.78 is 79.5. The van der Waals surface area contributed by atoms with Gasteiger partial charge in [-0.3, -0.25) is 19.4 Å². The zero-order valence-electron chi connectivity index (χ0n) is 46.4. The summed E-state index contributed by atoms with van der Waals surface area (Å²) in [4.78, 5) is 28.0. The summed E-state index contributed by atoms with van der Waals surface area (Å²) in [6.45, 7) is 15.2. The molecule has 0 saturated carbocycles.